The largest absolute Gasteiger partial charge is 0.497 e. The summed E-state index contributed by atoms with van der Waals surface area (Å²) in [5, 5.41) is 13.8. The van der Waals surface area contributed by atoms with Crippen LogP contribution in [0.3, 0.4) is 0 Å². The van der Waals surface area contributed by atoms with Gasteiger partial charge in [0.25, 0.3) is 0 Å². The van der Waals surface area contributed by atoms with Crippen molar-refractivity contribution in [2.24, 2.45) is 0 Å². The smallest absolute Gasteiger partial charge is 0.234 e. The number of carbonyl (C=O) groups is 1. The highest BCUT2D eigenvalue weighted by molar-refractivity contribution is 8.00. The third kappa shape index (κ3) is 4.39. The Morgan fingerprint density at radius 2 is 1.96 bits per heavy atom. The van der Waals surface area contributed by atoms with Gasteiger partial charge in [0.2, 0.25) is 5.91 Å². The molecule has 0 atom stereocenters. The molecule has 1 amide bonds. The van der Waals surface area contributed by atoms with Crippen molar-refractivity contribution in [2.45, 2.75) is 18.9 Å². The summed E-state index contributed by atoms with van der Waals surface area (Å²) >= 11 is 1.26. The van der Waals surface area contributed by atoms with Crippen LogP contribution in [0.25, 0.3) is 10.9 Å². The molecular formula is C21H19N3O2S. The molecule has 0 aliphatic rings. The second-order valence-electron chi connectivity index (χ2n) is 6.17. The van der Waals surface area contributed by atoms with Crippen LogP contribution in [0, 0.1) is 25.2 Å². The Hall–Kier alpha value is -3.04. The molecule has 3 aromatic rings. The lowest BCUT2D eigenvalue weighted by molar-refractivity contribution is -0.113. The minimum atomic E-state index is -0.156. The number of aromatic nitrogens is 1. The fourth-order valence-corrected chi connectivity index (χ4v) is 3.59. The number of rotatable bonds is 5. The van der Waals surface area contributed by atoms with E-state index in [1.54, 1.807) is 31.4 Å². The van der Waals surface area contributed by atoms with Crippen LogP contribution in [0.15, 0.2) is 47.5 Å². The predicted octanol–water partition coefficient (Wildman–Crippen LogP) is 4.46. The lowest BCUT2D eigenvalue weighted by Gasteiger charge is -2.09. The van der Waals surface area contributed by atoms with Crippen LogP contribution in [0.5, 0.6) is 5.75 Å². The number of nitriles is 1. The van der Waals surface area contributed by atoms with E-state index in [1.807, 2.05) is 26.0 Å². The van der Waals surface area contributed by atoms with E-state index in [2.05, 4.69) is 22.4 Å². The summed E-state index contributed by atoms with van der Waals surface area (Å²) in [5.41, 5.74) is 4.22. The van der Waals surface area contributed by atoms with E-state index in [0.717, 1.165) is 27.8 Å². The molecule has 0 spiro atoms. The molecule has 0 radical (unpaired) electrons. The Labute approximate surface area is 162 Å². The normalized spacial score (nSPS) is 10.4. The highest BCUT2D eigenvalue weighted by Crippen LogP contribution is 2.27. The number of nitrogens with zero attached hydrogens (tertiary/aromatic N) is 2. The number of methoxy groups -OCH3 is 1. The van der Waals surface area contributed by atoms with Crippen LogP contribution in [-0.2, 0) is 4.79 Å². The summed E-state index contributed by atoms with van der Waals surface area (Å²) < 4.78 is 5.10. The van der Waals surface area contributed by atoms with Crippen molar-refractivity contribution in [1.29, 1.82) is 5.26 Å². The number of hydrogen-bond donors (Lipinski definition) is 1. The van der Waals surface area contributed by atoms with Crippen LogP contribution in [-0.4, -0.2) is 23.8 Å². The first kappa shape index (κ1) is 18.7. The van der Waals surface area contributed by atoms with Crippen LogP contribution >= 0.6 is 11.8 Å². The minimum absolute atomic E-state index is 0.156. The molecule has 6 heteroatoms. The summed E-state index contributed by atoms with van der Waals surface area (Å²) in [5.74, 6) is 0.744. The molecule has 1 N–H and O–H groups in total. The molecule has 2 aromatic carbocycles. The van der Waals surface area contributed by atoms with Crippen molar-refractivity contribution in [1.82, 2.24) is 4.98 Å². The van der Waals surface area contributed by atoms with Gasteiger partial charge in [0, 0.05) is 11.1 Å². The first-order chi connectivity index (χ1) is 13.0. The number of anilines is 1. The Morgan fingerprint density at radius 1 is 1.22 bits per heavy atom. The van der Waals surface area contributed by atoms with Gasteiger partial charge in [-0.15, -0.1) is 0 Å². The van der Waals surface area contributed by atoms with Crippen LogP contribution < -0.4 is 10.1 Å². The number of nitrogens with one attached hydrogen (secondary N) is 1. The summed E-state index contributed by atoms with van der Waals surface area (Å²) in [6.07, 6.45) is 0. The van der Waals surface area contributed by atoms with E-state index in [-0.39, 0.29) is 11.7 Å². The third-order valence-electron chi connectivity index (χ3n) is 4.05. The van der Waals surface area contributed by atoms with E-state index < -0.39 is 0 Å². The molecule has 0 fully saturated rings. The van der Waals surface area contributed by atoms with Gasteiger partial charge in [-0.3, -0.25) is 4.79 Å². The highest BCUT2D eigenvalue weighted by atomic mass is 32.2. The number of pyridine rings is 1. The van der Waals surface area contributed by atoms with Crippen LogP contribution in [0.4, 0.5) is 5.69 Å². The number of hydrogen-bond acceptors (Lipinski definition) is 5. The molecule has 0 saturated carbocycles. The van der Waals surface area contributed by atoms with Gasteiger partial charge in [0.05, 0.1) is 23.9 Å². The van der Waals surface area contributed by atoms with Crippen molar-refractivity contribution in [2.75, 3.05) is 18.2 Å². The average Bonchev–Trinajstić information content (AvgIpc) is 2.66. The van der Waals surface area contributed by atoms with Crippen LogP contribution in [0.2, 0.25) is 0 Å². The second-order valence-corrected chi connectivity index (χ2v) is 7.14. The van der Waals surface area contributed by atoms with E-state index in [0.29, 0.717) is 16.3 Å². The molecule has 0 bridgehead atoms. The highest BCUT2D eigenvalue weighted by Gasteiger charge is 2.12. The molecule has 136 valence electrons. The zero-order chi connectivity index (χ0) is 19.4. The quantitative estimate of drug-likeness (QED) is 0.664. The summed E-state index contributed by atoms with van der Waals surface area (Å²) in [4.78, 5) is 16.9. The zero-order valence-corrected chi connectivity index (χ0v) is 16.2. The minimum Gasteiger partial charge on any atom is -0.497 e. The maximum atomic E-state index is 12.2. The van der Waals surface area contributed by atoms with Crippen LogP contribution in [0.1, 0.15) is 16.7 Å². The molecule has 3 rings (SSSR count). The van der Waals surface area contributed by atoms with Gasteiger partial charge in [-0.05, 0) is 55.8 Å². The maximum Gasteiger partial charge on any atom is 0.234 e. The molecule has 0 saturated heterocycles. The van der Waals surface area contributed by atoms with E-state index in [1.165, 1.54) is 11.8 Å². The standard InChI is InChI=1S/C21H19N3O2S/c1-13-8-14(2)20-15(9-13)10-16(11-22)21(24-20)27-12-19(25)23-17-4-6-18(26-3)7-5-17/h4-10H,12H2,1-3H3,(H,23,25). The number of thioether (sulfide) groups is 1. The van der Waals surface area contributed by atoms with E-state index in [9.17, 15) is 10.1 Å². The molecule has 0 aliphatic carbocycles. The molecule has 1 heterocycles. The lowest BCUT2D eigenvalue weighted by atomic mass is 10.1. The van der Waals surface area contributed by atoms with Gasteiger partial charge in [0.15, 0.2) is 0 Å². The Bertz CT molecular complexity index is 1040. The van der Waals surface area contributed by atoms with Gasteiger partial charge in [0.1, 0.15) is 16.8 Å². The molecular weight excluding hydrogens is 358 g/mol. The molecule has 0 aliphatic heterocycles. The fourth-order valence-electron chi connectivity index (χ4n) is 2.83. The maximum absolute atomic E-state index is 12.2. The van der Waals surface area contributed by atoms with Crippen molar-refractivity contribution < 1.29 is 9.53 Å². The van der Waals surface area contributed by atoms with Gasteiger partial charge >= 0.3 is 0 Å². The second kappa shape index (κ2) is 8.11. The first-order valence-corrected chi connectivity index (χ1v) is 9.37. The van der Waals surface area contributed by atoms with Crippen molar-refractivity contribution in [3.05, 3.63) is 59.2 Å². The number of carbonyl (C=O) groups excluding carboxylic acids is 1. The summed E-state index contributed by atoms with van der Waals surface area (Å²) in [7, 11) is 1.59. The molecule has 27 heavy (non-hydrogen) atoms. The lowest BCUT2D eigenvalue weighted by Crippen LogP contribution is -2.14. The first-order valence-electron chi connectivity index (χ1n) is 8.39. The van der Waals surface area contributed by atoms with Gasteiger partial charge in [-0.1, -0.05) is 23.4 Å². The fraction of sp³-hybridized carbons (Fsp3) is 0.190. The van der Waals surface area contributed by atoms with Crippen molar-refractivity contribution in [3.8, 4) is 11.8 Å². The average molecular weight is 377 g/mol. The predicted molar refractivity (Wildman–Crippen MR) is 108 cm³/mol. The Kier molecular flexibility index (Phi) is 5.63. The number of aryl methyl sites for hydroxylation is 2. The number of fused-ring (bicyclic) bond motifs is 1. The molecule has 0 unspecified atom stereocenters. The Balaban J connectivity index is 1.75. The Morgan fingerprint density at radius 3 is 2.63 bits per heavy atom. The third-order valence-corrected chi connectivity index (χ3v) is 5.04. The summed E-state index contributed by atoms with van der Waals surface area (Å²) in [6.45, 7) is 4.02. The van der Waals surface area contributed by atoms with Gasteiger partial charge < -0.3 is 10.1 Å². The number of amides is 1. The number of benzene rings is 2. The van der Waals surface area contributed by atoms with Gasteiger partial charge in [-0.2, -0.15) is 5.26 Å². The monoisotopic (exact) mass is 377 g/mol. The van der Waals surface area contributed by atoms with Crippen molar-refractivity contribution >= 4 is 34.3 Å². The van der Waals surface area contributed by atoms with Gasteiger partial charge in [-0.25, -0.2) is 4.98 Å². The van der Waals surface area contributed by atoms with Crippen molar-refractivity contribution in [3.63, 3.8) is 0 Å². The molecule has 5 nitrogen and oxygen atoms in total. The topological polar surface area (TPSA) is 75.0 Å². The van der Waals surface area contributed by atoms with E-state index in [4.69, 9.17) is 4.74 Å². The summed E-state index contributed by atoms with van der Waals surface area (Å²) in [6, 6.07) is 15.2. The number of ether oxygens (including phenoxy) is 1. The molecule has 1 aromatic heterocycles. The van der Waals surface area contributed by atoms with E-state index >= 15 is 0 Å². The zero-order valence-electron chi connectivity index (χ0n) is 15.4. The SMILES string of the molecule is COc1ccc(NC(=O)CSc2nc3c(C)cc(C)cc3cc2C#N)cc1.